The Kier molecular flexibility index (Phi) is 10.7. The summed E-state index contributed by atoms with van der Waals surface area (Å²) in [5, 5.41) is 3.31. The third kappa shape index (κ3) is 8.66. The fourth-order valence-corrected chi connectivity index (χ4v) is 5.71. The quantitative estimate of drug-likeness (QED) is 0.262. The number of benzene rings is 3. The van der Waals surface area contributed by atoms with Crippen molar-refractivity contribution in [3.63, 3.8) is 0 Å². The van der Waals surface area contributed by atoms with Gasteiger partial charge in [0, 0.05) is 28.1 Å². The Bertz CT molecular complexity index is 1160. The number of hydrogen-bond acceptors (Lipinski definition) is 4. The van der Waals surface area contributed by atoms with Crippen LogP contribution >= 0.6 is 11.8 Å². The SMILES string of the molecule is CCOC(=O)Cc1ccc(Sc2cccc(N(CCCc3ccccc3)C(=O)NC3CCCCC3)c2)cc1. The van der Waals surface area contributed by atoms with Gasteiger partial charge in [0.25, 0.3) is 0 Å². The number of anilines is 1. The van der Waals surface area contributed by atoms with Crippen molar-refractivity contribution in [2.45, 2.75) is 74.1 Å². The van der Waals surface area contributed by atoms with Gasteiger partial charge in [-0.2, -0.15) is 0 Å². The zero-order valence-electron chi connectivity index (χ0n) is 22.2. The summed E-state index contributed by atoms with van der Waals surface area (Å²) in [6, 6.07) is 26.9. The molecule has 0 saturated heterocycles. The Morgan fingerprint density at radius 3 is 2.39 bits per heavy atom. The van der Waals surface area contributed by atoms with Crippen LogP contribution in [-0.4, -0.2) is 31.2 Å². The number of amides is 2. The van der Waals surface area contributed by atoms with E-state index in [-0.39, 0.29) is 24.5 Å². The highest BCUT2D eigenvalue weighted by atomic mass is 32.2. The Morgan fingerprint density at radius 2 is 1.66 bits per heavy atom. The minimum Gasteiger partial charge on any atom is -0.466 e. The predicted octanol–water partition coefficient (Wildman–Crippen LogP) is 7.42. The van der Waals surface area contributed by atoms with Crippen LogP contribution in [0.25, 0.3) is 0 Å². The maximum atomic E-state index is 13.5. The van der Waals surface area contributed by atoms with Gasteiger partial charge in [-0.1, -0.05) is 79.6 Å². The van der Waals surface area contributed by atoms with Gasteiger partial charge in [0.1, 0.15) is 0 Å². The van der Waals surface area contributed by atoms with Crippen LogP contribution in [0, 0.1) is 0 Å². The first-order valence-corrected chi connectivity index (χ1v) is 14.6. The van der Waals surface area contributed by atoms with Gasteiger partial charge in [0.15, 0.2) is 0 Å². The first kappa shape index (κ1) is 27.8. The van der Waals surface area contributed by atoms with Gasteiger partial charge < -0.3 is 10.1 Å². The van der Waals surface area contributed by atoms with Crippen LogP contribution in [0.4, 0.5) is 10.5 Å². The zero-order chi connectivity index (χ0) is 26.6. The van der Waals surface area contributed by atoms with Crippen LogP contribution in [0.1, 0.15) is 56.6 Å². The van der Waals surface area contributed by atoms with Gasteiger partial charge in [-0.25, -0.2) is 4.79 Å². The third-order valence-corrected chi connectivity index (χ3v) is 7.81. The van der Waals surface area contributed by atoms with Crippen molar-refractivity contribution in [1.82, 2.24) is 5.32 Å². The highest BCUT2D eigenvalue weighted by Gasteiger charge is 2.21. The van der Waals surface area contributed by atoms with Gasteiger partial charge in [0.05, 0.1) is 13.0 Å². The number of carbonyl (C=O) groups is 2. The van der Waals surface area contributed by atoms with Gasteiger partial charge in [-0.05, 0) is 74.1 Å². The minimum atomic E-state index is -0.209. The van der Waals surface area contributed by atoms with E-state index in [9.17, 15) is 9.59 Å². The van der Waals surface area contributed by atoms with Gasteiger partial charge in [-0.3, -0.25) is 9.69 Å². The topological polar surface area (TPSA) is 58.6 Å². The van der Waals surface area contributed by atoms with Crippen molar-refractivity contribution in [1.29, 1.82) is 0 Å². The lowest BCUT2D eigenvalue weighted by Crippen LogP contribution is -2.46. The largest absolute Gasteiger partial charge is 0.466 e. The van der Waals surface area contributed by atoms with Crippen LogP contribution in [0.15, 0.2) is 88.7 Å². The molecule has 0 unspecified atom stereocenters. The maximum Gasteiger partial charge on any atom is 0.322 e. The second kappa shape index (κ2) is 14.6. The molecule has 1 saturated carbocycles. The summed E-state index contributed by atoms with van der Waals surface area (Å²) in [7, 11) is 0. The Hall–Kier alpha value is -3.25. The second-order valence-electron chi connectivity index (χ2n) is 9.75. The molecule has 4 rings (SSSR count). The van der Waals surface area contributed by atoms with E-state index in [1.807, 2.05) is 54.3 Å². The molecule has 0 radical (unpaired) electrons. The summed E-state index contributed by atoms with van der Waals surface area (Å²) in [4.78, 5) is 29.3. The number of esters is 1. The number of rotatable bonds is 11. The van der Waals surface area contributed by atoms with E-state index in [4.69, 9.17) is 4.74 Å². The number of nitrogens with one attached hydrogen (secondary N) is 1. The molecule has 3 aromatic carbocycles. The zero-order valence-corrected chi connectivity index (χ0v) is 23.1. The van der Waals surface area contributed by atoms with E-state index in [0.717, 1.165) is 46.7 Å². The highest BCUT2D eigenvalue weighted by Crippen LogP contribution is 2.31. The molecular formula is C32H38N2O3S. The van der Waals surface area contributed by atoms with E-state index in [0.29, 0.717) is 13.2 Å². The summed E-state index contributed by atoms with van der Waals surface area (Å²) >= 11 is 1.65. The van der Waals surface area contributed by atoms with Crippen LogP contribution in [0.5, 0.6) is 0 Å². The first-order chi connectivity index (χ1) is 18.6. The number of nitrogens with zero attached hydrogens (tertiary/aromatic N) is 1. The summed E-state index contributed by atoms with van der Waals surface area (Å²) in [6.45, 7) is 2.87. The second-order valence-corrected chi connectivity index (χ2v) is 10.9. The lowest BCUT2D eigenvalue weighted by Gasteiger charge is -2.29. The molecule has 3 aromatic rings. The van der Waals surface area contributed by atoms with E-state index in [1.165, 1.54) is 24.8 Å². The average molecular weight is 531 g/mol. The molecule has 0 aliphatic heterocycles. The standard InChI is InChI=1S/C32H38N2O3S/c1-2-37-31(35)23-26-18-20-29(21-19-26)38-30-17-9-16-28(24-30)34(22-10-13-25-11-5-3-6-12-25)32(36)33-27-14-7-4-8-15-27/h3,5-6,9,11-12,16-21,24,27H,2,4,7-8,10,13-15,22-23H2,1H3,(H,33,36). The highest BCUT2D eigenvalue weighted by molar-refractivity contribution is 7.99. The van der Waals surface area contributed by atoms with E-state index < -0.39 is 0 Å². The van der Waals surface area contributed by atoms with E-state index in [1.54, 1.807) is 11.8 Å². The minimum absolute atomic E-state index is 0.00423. The number of hydrogen-bond donors (Lipinski definition) is 1. The molecule has 6 heteroatoms. The molecule has 0 heterocycles. The Balaban J connectivity index is 1.44. The molecule has 1 aliphatic rings. The molecule has 1 N–H and O–H groups in total. The monoisotopic (exact) mass is 530 g/mol. The molecule has 5 nitrogen and oxygen atoms in total. The fraction of sp³-hybridized carbons (Fsp3) is 0.375. The van der Waals surface area contributed by atoms with Crippen LogP contribution in [0.2, 0.25) is 0 Å². The molecule has 0 bridgehead atoms. The average Bonchev–Trinajstić information content (AvgIpc) is 2.93. The van der Waals surface area contributed by atoms with E-state index >= 15 is 0 Å². The Morgan fingerprint density at radius 1 is 0.895 bits per heavy atom. The fourth-order valence-electron chi connectivity index (χ4n) is 4.84. The van der Waals surface area contributed by atoms with Gasteiger partial charge in [0.2, 0.25) is 0 Å². The third-order valence-electron chi connectivity index (χ3n) is 6.81. The predicted molar refractivity (Wildman–Crippen MR) is 155 cm³/mol. The molecule has 0 atom stereocenters. The van der Waals surface area contributed by atoms with Crippen molar-refractivity contribution in [3.05, 3.63) is 90.0 Å². The molecule has 1 fully saturated rings. The summed E-state index contributed by atoms with van der Waals surface area (Å²) in [5.41, 5.74) is 3.14. The van der Waals surface area contributed by atoms with Crippen LogP contribution < -0.4 is 10.2 Å². The van der Waals surface area contributed by atoms with Crippen molar-refractivity contribution in [2.75, 3.05) is 18.1 Å². The number of carbonyl (C=O) groups excluding carboxylic acids is 2. The molecule has 0 aromatic heterocycles. The molecular weight excluding hydrogens is 492 g/mol. The lowest BCUT2D eigenvalue weighted by molar-refractivity contribution is -0.142. The van der Waals surface area contributed by atoms with Gasteiger partial charge >= 0.3 is 12.0 Å². The van der Waals surface area contributed by atoms with Crippen molar-refractivity contribution in [3.8, 4) is 0 Å². The normalized spacial score (nSPS) is 13.6. The molecule has 2 amide bonds. The van der Waals surface area contributed by atoms with Crippen molar-refractivity contribution < 1.29 is 14.3 Å². The van der Waals surface area contributed by atoms with Crippen molar-refractivity contribution in [2.24, 2.45) is 0 Å². The van der Waals surface area contributed by atoms with Gasteiger partial charge in [-0.15, -0.1) is 0 Å². The lowest BCUT2D eigenvalue weighted by atomic mass is 9.96. The summed E-state index contributed by atoms with van der Waals surface area (Å²) in [5.74, 6) is -0.209. The van der Waals surface area contributed by atoms with Crippen molar-refractivity contribution >= 4 is 29.4 Å². The molecule has 1 aliphatic carbocycles. The van der Waals surface area contributed by atoms with E-state index in [2.05, 4.69) is 41.7 Å². The number of aryl methyl sites for hydroxylation is 1. The van der Waals surface area contributed by atoms with Crippen LogP contribution in [-0.2, 0) is 22.4 Å². The molecule has 38 heavy (non-hydrogen) atoms. The molecule has 0 spiro atoms. The maximum absolute atomic E-state index is 13.5. The molecule has 200 valence electrons. The smallest absolute Gasteiger partial charge is 0.322 e. The first-order valence-electron chi connectivity index (χ1n) is 13.7. The Labute approximate surface area is 231 Å². The number of ether oxygens (including phenoxy) is 1. The summed E-state index contributed by atoms with van der Waals surface area (Å²) < 4.78 is 5.05. The van der Waals surface area contributed by atoms with Crippen LogP contribution in [0.3, 0.4) is 0 Å². The number of urea groups is 1. The summed E-state index contributed by atoms with van der Waals surface area (Å²) in [6.07, 6.45) is 7.85.